The second-order valence-corrected chi connectivity index (χ2v) is 6.41. The molecule has 0 spiro atoms. The van der Waals surface area contributed by atoms with Gasteiger partial charge in [-0.25, -0.2) is 0 Å². The summed E-state index contributed by atoms with van der Waals surface area (Å²) in [4.78, 5) is 2.34. The molecule has 0 saturated heterocycles. The van der Waals surface area contributed by atoms with E-state index in [2.05, 4.69) is 48.5 Å². The summed E-state index contributed by atoms with van der Waals surface area (Å²) >= 11 is 3.57. The van der Waals surface area contributed by atoms with Crippen molar-refractivity contribution in [2.75, 3.05) is 20.2 Å². The van der Waals surface area contributed by atoms with Crippen LogP contribution in [-0.2, 0) is 6.42 Å². The number of halogens is 1. The van der Waals surface area contributed by atoms with Gasteiger partial charge in [-0.15, -0.1) is 0 Å². The minimum Gasteiger partial charge on any atom is -0.497 e. The molecule has 0 fully saturated rings. The Balaban J connectivity index is 2.99. The van der Waals surface area contributed by atoms with E-state index in [1.807, 2.05) is 18.2 Å². The van der Waals surface area contributed by atoms with Crippen LogP contribution in [0.3, 0.4) is 0 Å². The van der Waals surface area contributed by atoms with Crippen LogP contribution in [0.15, 0.2) is 22.7 Å². The number of likely N-dealkylation sites (N-methyl/N-ethyl adjacent to an activating group) is 1. The van der Waals surface area contributed by atoms with E-state index in [0.29, 0.717) is 6.42 Å². The van der Waals surface area contributed by atoms with Crippen molar-refractivity contribution in [3.05, 3.63) is 28.2 Å². The van der Waals surface area contributed by atoms with E-state index in [9.17, 15) is 5.11 Å². The summed E-state index contributed by atoms with van der Waals surface area (Å²) in [6.07, 6.45) is 1.10. The van der Waals surface area contributed by atoms with Crippen LogP contribution in [0.25, 0.3) is 0 Å². The molecule has 2 atom stereocenters. The summed E-state index contributed by atoms with van der Waals surface area (Å²) < 4.78 is 6.29. The molecule has 1 N–H and O–H groups in total. The number of ether oxygens (including phenoxy) is 1. The minimum atomic E-state index is -0.425. The zero-order chi connectivity index (χ0) is 16.0. The van der Waals surface area contributed by atoms with Crippen LogP contribution in [0.1, 0.15) is 39.7 Å². The van der Waals surface area contributed by atoms with Gasteiger partial charge in [0.1, 0.15) is 5.75 Å². The van der Waals surface area contributed by atoms with Crippen molar-refractivity contribution in [3.8, 4) is 5.75 Å². The predicted octanol–water partition coefficient (Wildman–Crippen LogP) is 3.87. The molecule has 21 heavy (non-hydrogen) atoms. The molecule has 0 amide bonds. The Morgan fingerprint density at radius 2 is 1.90 bits per heavy atom. The summed E-state index contributed by atoms with van der Waals surface area (Å²) in [5, 5.41) is 10.8. The zero-order valence-electron chi connectivity index (χ0n) is 13.8. The number of methoxy groups -OCH3 is 1. The lowest BCUT2D eigenvalue weighted by atomic mass is 9.85. The molecular weight excluding hydrogens is 330 g/mol. The third kappa shape index (κ3) is 4.21. The first kappa shape index (κ1) is 18.5. The second-order valence-electron chi connectivity index (χ2n) is 5.56. The van der Waals surface area contributed by atoms with Gasteiger partial charge in [-0.1, -0.05) is 36.7 Å². The maximum absolute atomic E-state index is 10.8. The van der Waals surface area contributed by atoms with Gasteiger partial charge in [0.2, 0.25) is 0 Å². The number of aliphatic hydroxyl groups is 1. The van der Waals surface area contributed by atoms with Crippen LogP contribution in [0, 0.1) is 0 Å². The van der Waals surface area contributed by atoms with E-state index in [1.165, 1.54) is 0 Å². The van der Waals surface area contributed by atoms with Gasteiger partial charge >= 0.3 is 0 Å². The summed E-state index contributed by atoms with van der Waals surface area (Å²) in [6.45, 7) is 10.5. The molecule has 0 bridgehead atoms. The van der Waals surface area contributed by atoms with Crippen LogP contribution in [-0.4, -0.2) is 41.8 Å². The van der Waals surface area contributed by atoms with Gasteiger partial charge in [0.15, 0.2) is 0 Å². The molecule has 0 aliphatic carbocycles. The molecule has 0 aromatic heterocycles. The van der Waals surface area contributed by atoms with Gasteiger partial charge in [-0.05, 0) is 50.2 Å². The molecule has 120 valence electrons. The van der Waals surface area contributed by atoms with Crippen LogP contribution >= 0.6 is 15.9 Å². The quantitative estimate of drug-likeness (QED) is 0.766. The summed E-state index contributed by atoms with van der Waals surface area (Å²) in [5.74, 6) is 0.821. The van der Waals surface area contributed by atoms with E-state index < -0.39 is 6.10 Å². The smallest absolute Gasteiger partial charge is 0.119 e. The summed E-state index contributed by atoms with van der Waals surface area (Å²) in [5.41, 5.74) is 0.861. The Kier molecular flexibility index (Phi) is 7.17. The van der Waals surface area contributed by atoms with Gasteiger partial charge in [0.25, 0.3) is 0 Å². The van der Waals surface area contributed by atoms with E-state index in [-0.39, 0.29) is 5.54 Å². The summed E-state index contributed by atoms with van der Waals surface area (Å²) in [6, 6.07) is 5.89. The third-order valence-corrected chi connectivity index (χ3v) is 5.36. The SMILES string of the molecule is CCN(CC)C(C)(CC)C(O)Cc1cc(OC)ccc1Br. The molecule has 0 aliphatic rings. The molecule has 0 saturated carbocycles. The average Bonchev–Trinajstić information content (AvgIpc) is 2.50. The molecule has 4 heteroatoms. The first-order valence-electron chi connectivity index (χ1n) is 7.68. The van der Waals surface area contributed by atoms with Crippen molar-refractivity contribution < 1.29 is 9.84 Å². The standard InChI is InChI=1S/C17H28BrNO2/c1-6-17(4,19(7-2)8-3)16(20)12-13-11-14(21-5)9-10-15(13)18/h9-11,16,20H,6-8,12H2,1-5H3. The van der Waals surface area contributed by atoms with Gasteiger partial charge in [0, 0.05) is 16.4 Å². The number of aliphatic hydroxyl groups excluding tert-OH is 1. The van der Waals surface area contributed by atoms with Crippen molar-refractivity contribution in [1.82, 2.24) is 4.90 Å². The third-order valence-electron chi connectivity index (χ3n) is 4.59. The molecular formula is C17H28BrNO2. The Labute approximate surface area is 137 Å². The Bertz CT molecular complexity index is 448. The monoisotopic (exact) mass is 357 g/mol. The number of hydrogen-bond donors (Lipinski definition) is 1. The molecule has 1 rings (SSSR count). The Morgan fingerprint density at radius 1 is 1.29 bits per heavy atom. The van der Waals surface area contributed by atoms with Crippen molar-refractivity contribution >= 4 is 15.9 Å². The number of hydrogen-bond acceptors (Lipinski definition) is 3. The maximum atomic E-state index is 10.8. The van der Waals surface area contributed by atoms with Crippen molar-refractivity contribution in [2.24, 2.45) is 0 Å². The largest absolute Gasteiger partial charge is 0.497 e. The molecule has 0 aliphatic heterocycles. The van der Waals surface area contributed by atoms with E-state index in [1.54, 1.807) is 7.11 Å². The molecule has 0 radical (unpaired) electrons. The lowest BCUT2D eigenvalue weighted by Gasteiger charge is -2.43. The fraction of sp³-hybridized carbons (Fsp3) is 0.647. The molecule has 2 unspecified atom stereocenters. The van der Waals surface area contributed by atoms with Crippen LogP contribution in [0.5, 0.6) is 5.75 Å². The fourth-order valence-electron chi connectivity index (χ4n) is 2.88. The first-order chi connectivity index (χ1) is 9.92. The number of nitrogens with zero attached hydrogens (tertiary/aromatic N) is 1. The van der Waals surface area contributed by atoms with Crippen LogP contribution < -0.4 is 4.74 Å². The minimum absolute atomic E-state index is 0.216. The maximum Gasteiger partial charge on any atom is 0.119 e. The van der Waals surface area contributed by atoms with Crippen molar-refractivity contribution in [1.29, 1.82) is 0 Å². The highest BCUT2D eigenvalue weighted by molar-refractivity contribution is 9.10. The zero-order valence-corrected chi connectivity index (χ0v) is 15.4. The van der Waals surface area contributed by atoms with Gasteiger partial charge in [-0.2, -0.15) is 0 Å². The highest BCUT2D eigenvalue weighted by atomic mass is 79.9. The van der Waals surface area contributed by atoms with Crippen LogP contribution in [0.2, 0.25) is 0 Å². The lowest BCUT2D eigenvalue weighted by Crippen LogP contribution is -2.54. The van der Waals surface area contributed by atoms with Gasteiger partial charge in [-0.3, -0.25) is 4.90 Å². The van der Waals surface area contributed by atoms with Crippen molar-refractivity contribution in [2.45, 2.75) is 52.2 Å². The predicted molar refractivity (Wildman–Crippen MR) is 92.0 cm³/mol. The number of benzene rings is 1. The molecule has 0 heterocycles. The highest BCUT2D eigenvalue weighted by Gasteiger charge is 2.36. The summed E-state index contributed by atoms with van der Waals surface area (Å²) in [7, 11) is 1.66. The Morgan fingerprint density at radius 3 is 2.38 bits per heavy atom. The highest BCUT2D eigenvalue weighted by Crippen LogP contribution is 2.29. The fourth-order valence-corrected chi connectivity index (χ4v) is 3.29. The molecule has 3 nitrogen and oxygen atoms in total. The average molecular weight is 358 g/mol. The van der Waals surface area contributed by atoms with E-state index in [4.69, 9.17) is 4.74 Å². The van der Waals surface area contributed by atoms with Gasteiger partial charge in [0.05, 0.1) is 13.2 Å². The molecule has 1 aromatic carbocycles. The number of rotatable bonds is 8. The first-order valence-corrected chi connectivity index (χ1v) is 8.47. The molecule has 1 aromatic rings. The lowest BCUT2D eigenvalue weighted by molar-refractivity contribution is -0.0191. The van der Waals surface area contributed by atoms with E-state index >= 15 is 0 Å². The second kappa shape index (κ2) is 8.16. The van der Waals surface area contributed by atoms with Crippen LogP contribution in [0.4, 0.5) is 0 Å². The van der Waals surface area contributed by atoms with Crippen molar-refractivity contribution in [3.63, 3.8) is 0 Å². The Hall–Kier alpha value is -0.580. The van der Waals surface area contributed by atoms with E-state index in [0.717, 1.165) is 35.3 Å². The topological polar surface area (TPSA) is 32.7 Å². The normalized spacial score (nSPS) is 15.8. The van der Waals surface area contributed by atoms with Gasteiger partial charge < -0.3 is 9.84 Å².